The zero-order chi connectivity index (χ0) is 15.0. The lowest BCUT2D eigenvalue weighted by Crippen LogP contribution is -2.31. The standard InChI is InChI=1S/C15H16FNO4/c1-10-8-12(16)9-13(17(18)19)14(10)11-2-4-15(5-3-11)20-6-7-21-15/h2,8-9H,3-7H2,1H3. The molecular weight excluding hydrogens is 277 g/mol. The number of rotatable bonds is 2. The average Bonchev–Trinajstić information content (AvgIpc) is 2.88. The van der Waals surface area contributed by atoms with Crippen LogP contribution in [0, 0.1) is 22.9 Å². The van der Waals surface area contributed by atoms with Gasteiger partial charge in [0, 0.05) is 12.8 Å². The Morgan fingerprint density at radius 2 is 2.05 bits per heavy atom. The monoisotopic (exact) mass is 293 g/mol. The molecular formula is C15H16FNO4. The fraction of sp³-hybridized carbons (Fsp3) is 0.467. The molecule has 3 rings (SSSR count). The minimum atomic E-state index is -0.585. The Morgan fingerprint density at radius 3 is 2.62 bits per heavy atom. The second kappa shape index (κ2) is 5.20. The molecule has 21 heavy (non-hydrogen) atoms. The van der Waals surface area contributed by atoms with E-state index >= 15 is 0 Å². The van der Waals surface area contributed by atoms with E-state index in [0.717, 1.165) is 11.6 Å². The first-order valence-electron chi connectivity index (χ1n) is 6.93. The maximum absolute atomic E-state index is 13.4. The van der Waals surface area contributed by atoms with Crippen LogP contribution in [0.15, 0.2) is 18.2 Å². The van der Waals surface area contributed by atoms with E-state index in [1.807, 2.05) is 6.08 Å². The van der Waals surface area contributed by atoms with Crippen molar-refractivity contribution < 1.29 is 18.8 Å². The Kier molecular flexibility index (Phi) is 3.51. The molecule has 0 atom stereocenters. The van der Waals surface area contributed by atoms with Gasteiger partial charge in [-0.05, 0) is 30.5 Å². The van der Waals surface area contributed by atoms with E-state index in [-0.39, 0.29) is 5.69 Å². The SMILES string of the molecule is Cc1cc(F)cc([N+](=O)[O-])c1C1=CCC2(CC1)OCCO2. The molecule has 1 saturated heterocycles. The normalized spacial score (nSPS) is 20.6. The molecule has 1 spiro atoms. The summed E-state index contributed by atoms with van der Waals surface area (Å²) >= 11 is 0. The molecule has 1 fully saturated rings. The molecule has 1 heterocycles. The molecule has 1 aliphatic heterocycles. The molecule has 0 bridgehead atoms. The van der Waals surface area contributed by atoms with Crippen molar-refractivity contribution in [1.82, 2.24) is 0 Å². The van der Waals surface area contributed by atoms with Crippen LogP contribution in [0.25, 0.3) is 5.57 Å². The van der Waals surface area contributed by atoms with Gasteiger partial charge >= 0.3 is 0 Å². The quantitative estimate of drug-likeness (QED) is 0.619. The van der Waals surface area contributed by atoms with Crippen LogP contribution >= 0.6 is 0 Å². The fourth-order valence-electron chi connectivity index (χ4n) is 3.08. The van der Waals surface area contributed by atoms with Crippen LogP contribution in [0.1, 0.15) is 30.4 Å². The number of ether oxygens (including phenoxy) is 2. The smallest absolute Gasteiger partial charge is 0.280 e. The van der Waals surface area contributed by atoms with Gasteiger partial charge < -0.3 is 9.47 Å². The van der Waals surface area contributed by atoms with Crippen molar-refractivity contribution in [3.8, 4) is 0 Å². The summed E-state index contributed by atoms with van der Waals surface area (Å²) in [7, 11) is 0. The third-order valence-corrected chi connectivity index (χ3v) is 4.05. The number of allylic oxidation sites excluding steroid dienone is 1. The predicted molar refractivity (Wildman–Crippen MR) is 74.3 cm³/mol. The molecule has 2 aliphatic rings. The van der Waals surface area contributed by atoms with E-state index in [0.29, 0.717) is 43.6 Å². The van der Waals surface area contributed by atoms with Crippen LogP contribution in [0.5, 0.6) is 0 Å². The maximum Gasteiger partial charge on any atom is 0.280 e. The lowest BCUT2D eigenvalue weighted by atomic mass is 9.87. The Bertz CT molecular complexity index is 620. The number of hydrogen-bond donors (Lipinski definition) is 0. The van der Waals surface area contributed by atoms with Crippen molar-refractivity contribution in [2.45, 2.75) is 32.0 Å². The van der Waals surface area contributed by atoms with E-state index in [2.05, 4.69) is 0 Å². The van der Waals surface area contributed by atoms with Gasteiger partial charge in [0.1, 0.15) is 5.82 Å². The molecule has 0 radical (unpaired) electrons. The zero-order valence-corrected chi connectivity index (χ0v) is 11.7. The third-order valence-electron chi connectivity index (χ3n) is 4.05. The molecule has 0 unspecified atom stereocenters. The summed E-state index contributed by atoms with van der Waals surface area (Å²) in [5.74, 6) is -1.15. The fourth-order valence-corrected chi connectivity index (χ4v) is 3.08. The van der Waals surface area contributed by atoms with E-state index < -0.39 is 16.5 Å². The van der Waals surface area contributed by atoms with Crippen LogP contribution < -0.4 is 0 Å². The van der Waals surface area contributed by atoms with Crippen molar-refractivity contribution in [3.63, 3.8) is 0 Å². The van der Waals surface area contributed by atoms with Crippen LogP contribution in [0.2, 0.25) is 0 Å². The highest BCUT2D eigenvalue weighted by atomic mass is 19.1. The highest BCUT2D eigenvalue weighted by Gasteiger charge is 2.38. The minimum absolute atomic E-state index is 0.178. The highest BCUT2D eigenvalue weighted by molar-refractivity contribution is 5.76. The Morgan fingerprint density at radius 1 is 1.33 bits per heavy atom. The summed E-state index contributed by atoms with van der Waals surface area (Å²) in [5.41, 5.74) is 1.79. The molecule has 112 valence electrons. The lowest BCUT2D eigenvalue weighted by Gasteiger charge is -2.30. The number of halogens is 1. The van der Waals surface area contributed by atoms with Gasteiger partial charge in [-0.25, -0.2) is 4.39 Å². The summed E-state index contributed by atoms with van der Waals surface area (Å²) < 4.78 is 24.7. The van der Waals surface area contributed by atoms with Crippen LogP contribution in [0.3, 0.4) is 0 Å². The molecule has 1 aliphatic carbocycles. The summed E-state index contributed by atoms with van der Waals surface area (Å²) in [6.07, 6.45) is 3.76. The number of aryl methyl sites for hydroxylation is 1. The second-order valence-electron chi connectivity index (χ2n) is 5.42. The number of hydrogen-bond acceptors (Lipinski definition) is 4. The zero-order valence-electron chi connectivity index (χ0n) is 11.7. The Balaban J connectivity index is 1.98. The molecule has 5 nitrogen and oxygen atoms in total. The van der Waals surface area contributed by atoms with Crippen molar-refractivity contribution in [3.05, 3.63) is 45.3 Å². The first kappa shape index (κ1) is 14.2. The van der Waals surface area contributed by atoms with Gasteiger partial charge in [0.15, 0.2) is 5.79 Å². The third kappa shape index (κ3) is 2.56. The average molecular weight is 293 g/mol. The summed E-state index contributed by atoms with van der Waals surface area (Å²) in [6, 6.07) is 2.31. The van der Waals surface area contributed by atoms with Crippen molar-refractivity contribution in [2.24, 2.45) is 0 Å². The number of nitrogens with zero attached hydrogens (tertiary/aromatic N) is 1. The largest absolute Gasteiger partial charge is 0.347 e. The van der Waals surface area contributed by atoms with Crippen LogP contribution in [-0.2, 0) is 9.47 Å². The maximum atomic E-state index is 13.4. The molecule has 0 aromatic heterocycles. The molecule has 1 aromatic rings. The second-order valence-corrected chi connectivity index (χ2v) is 5.42. The van der Waals surface area contributed by atoms with Gasteiger partial charge in [0.05, 0.1) is 29.8 Å². The molecule has 0 saturated carbocycles. The highest BCUT2D eigenvalue weighted by Crippen LogP contribution is 2.41. The van der Waals surface area contributed by atoms with Crippen molar-refractivity contribution in [2.75, 3.05) is 13.2 Å². The number of benzene rings is 1. The van der Waals surface area contributed by atoms with E-state index in [1.54, 1.807) is 6.92 Å². The van der Waals surface area contributed by atoms with Gasteiger partial charge in [0.25, 0.3) is 5.69 Å². The summed E-state index contributed by atoms with van der Waals surface area (Å²) in [4.78, 5) is 10.7. The molecule has 0 amide bonds. The lowest BCUT2D eigenvalue weighted by molar-refractivity contribution is -0.385. The van der Waals surface area contributed by atoms with E-state index in [4.69, 9.17) is 9.47 Å². The topological polar surface area (TPSA) is 61.6 Å². The van der Waals surface area contributed by atoms with Gasteiger partial charge in [-0.15, -0.1) is 0 Å². The van der Waals surface area contributed by atoms with Crippen LogP contribution in [0.4, 0.5) is 10.1 Å². The summed E-state index contributed by atoms with van der Waals surface area (Å²) in [6.45, 7) is 2.86. The predicted octanol–water partition coefficient (Wildman–Crippen LogP) is 3.35. The first-order valence-corrected chi connectivity index (χ1v) is 6.93. The van der Waals surface area contributed by atoms with Crippen molar-refractivity contribution >= 4 is 11.3 Å². The molecule has 0 N–H and O–H groups in total. The van der Waals surface area contributed by atoms with E-state index in [9.17, 15) is 14.5 Å². The van der Waals surface area contributed by atoms with Gasteiger partial charge in [-0.3, -0.25) is 10.1 Å². The first-order chi connectivity index (χ1) is 10.0. The number of nitro groups is 1. The van der Waals surface area contributed by atoms with Gasteiger partial charge in [0.2, 0.25) is 0 Å². The molecule has 6 heteroatoms. The minimum Gasteiger partial charge on any atom is -0.347 e. The molecule has 1 aromatic carbocycles. The van der Waals surface area contributed by atoms with Crippen LogP contribution in [-0.4, -0.2) is 23.9 Å². The van der Waals surface area contributed by atoms with Crippen molar-refractivity contribution in [1.29, 1.82) is 0 Å². The Hall–Kier alpha value is -1.79. The Labute approximate surface area is 121 Å². The summed E-state index contributed by atoms with van der Waals surface area (Å²) in [5, 5.41) is 11.2. The van der Waals surface area contributed by atoms with E-state index in [1.165, 1.54) is 6.07 Å². The van der Waals surface area contributed by atoms with Gasteiger partial charge in [-0.2, -0.15) is 0 Å². The number of nitro benzene ring substituents is 1. The van der Waals surface area contributed by atoms with Gasteiger partial charge in [-0.1, -0.05) is 6.08 Å².